The van der Waals surface area contributed by atoms with Gasteiger partial charge in [0.25, 0.3) is 0 Å². The molecule has 3 rings (SSSR count). The Bertz CT molecular complexity index is 881. The van der Waals surface area contributed by atoms with Crippen LogP contribution in [-0.2, 0) is 15.9 Å². The number of hydrogen-bond donors (Lipinski definition) is 4. The molecule has 0 saturated carbocycles. The molecule has 0 radical (unpaired) electrons. The third kappa shape index (κ3) is 6.56. The van der Waals surface area contributed by atoms with E-state index in [0.717, 1.165) is 29.9 Å². The Morgan fingerprint density at radius 1 is 0.912 bits per heavy atom. The van der Waals surface area contributed by atoms with Gasteiger partial charge >= 0.3 is 0 Å². The monoisotopic (exact) mass is 474 g/mol. The molecule has 1 saturated heterocycles. The molecule has 0 spiro atoms. The van der Waals surface area contributed by atoms with E-state index in [1.54, 1.807) is 0 Å². The van der Waals surface area contributed by atoms with E-state index in [-0.39, 0.29) is 0 Å². The van der Waals surface area contributed by atoms with Gasteiger partial charge in [-0.05, 0) is 53.1 Å². The molecule has 1 aliphatic rings. The van der Waals surface area contributed by atoms with E-state index < -0.39 is 37.1 Å². The second-order valence-electron chi connectivity index (χ2n) is 9.14. The lowest BCUT2D eigenvalue weighted by molar-refractivity contribution is -0.231. The zero-order valence-corrected chi connectivity index (χ0v) is 20.3. The third-order valence-corrected chi connectivity index (χ3v) is 6.17. The lowest BCUT2D eigenvalue weighted by Gasteiger charge is -2.40. The topological polar surface area (TPSA) is 109 Å². The minimum absolute atomic E-state index is 0.296. The number of aliphatic hydroxyl groups excluding tert-OH is 4. The Kier molecular flexibility index (Phi) is 9.88. The summed E-state index contributed by atoms with van der Waals surface area (Å²) in [4.78, 5) is 0. The Hall–Kier alpha value is -2.00. The van der Waals surface area contributed by atoms with Crippen molar-refractivity contribution < 1.29 is 34.6 Å². The fourth-order valence-corrected chi connectivity index (χ4v) is 4.28. The van der Waals surface area contributed by atoms with Gasteiger partial charge < -0.3 is 34.6 Å². The molecular weight excluding hydrogens is 436 g/mol. The van der Waals surface area contributed by atoms with Crippen molar-refractivity contribution in [2.75, 3.05) is 26.4 Å². The lowest BCUT2D eigenvalue weighted by Crippen LogP contribution is -2.55. The molecule has 1 aliphatic heterocycles. The summed E-state index contributed by atoms with van der Waals surface area (Å²) in [6.45, 7) is 7.70. The van der Waals surface area contributed by atoms with Crippen molar-refractivity contribution in [3.05, 3.63) is 64.7 Å². The molecule has 7 heteroatoms. The first-order chi connectivity index (χ1) is 16.3. The molecule has 7 nitrogen and oxygen atoms in total. The van der Waals surface area contributed by atoms with Gasteiger partial charge in [-0.15, -0.1) is 0 Å². The van der Waals surface area contributed by atoms with Crippen molar-refractivity contribution in [2.24, 2.45) is 0 Å². The van der Waals surface area contributed by atoms with Crippen LogP contribution in [0.25, 0.3) is 0 Å². The first kappa shape index (κ1) is 26.6. The van der Waals surface area contributed by atoms with Crippen molar-refractivity contribution in [2.45, 2.75) is 70.1 Å². The van der Waals surface area contributed by atoms with Crippen LogP contribution in [0.1, 0.15) is 61.5 Å². The van der Waals surface area contributed by atoms with Crippen molar-refractivity contribution in [3.8, 4) is 5.75 Å². The number of ether oxygens (including phenoxy) is 3. The first-order valence-electron chi connectivity index (χ1n) is 12.1. The van der Waals surface area contributed by atoms with Gasteiger partial charge in [-0.25, -0.2) is 0 Å². The van der Waals surface area contributed by atoms with Gasteiger partial charge in [0.05, 0.1) is 13.2 Å². The smallest absolute Gasteiger partial charge is 0.119 e. The summed E-state index contributed by atoms with van der Waals surface area (Å²) in [5.74, 6) is 1.09. The number of aliphatic hydroxyl groups is 4. The highest BCUT2D eigenvalue weighted by Crippen LogP contribution is 2.34. The Morgan fingerprint density at radius 2 is 1.65 bits per heavy atom. The number of benzene rings is 2. The van der Waals surface area contributed by atoms with Crippen LogP contribution >= 0.6 is 0 Å². The quantitative estimate of drug-likeness (QED) is 0.371. The highest BCUT2D eigenvalue weighted by molar-refractivity contribution is 5.40. The second-order valence-corrected chi connectivity index (χ2v) is 9.14. The molecule has 0 amide bonds. The predicted molar refractivity (Wildman–Crippen MR) is 129 cm³/mol. The van der Waals surface area contributed by atoms with Gasteiger partial charge in [-0.1, -0.05) is 51.1 Å². The zero-order chi connectivity index (χ0) is 24.7. The summed E-state index contributed by atoms with van der Waals surface area (Å²) in [6, 6.07) is 13.8. The normalized spacial score (nSPS) is 25.0. The van der Waals surface area contributed by atoms with Crippen molar-refractivity contribution in [1.82, 2.24) is 0 Å². The van der Waals surface area contributed by atoms with E-state index >= 15 is 0 Å². The molecule has 0 bridgehead atoms. The van der Waals surface area contributed by atoms with Crippen molar-refractivity contribution >= 4 is 0 Å². The minimum Gasteiger partial charge on any atom is -0.491 e. The van der Waals surface area contributed by atoms with Crippen LogP contribution in [0.15, 0.2) is 42.5 Å². The van der Waals surface area contributed by atoms with Gasteiger partial charge in [0.1, 0.15) is 42.9 Å². The molecule has 4 N–H and O–H groups in total. The second kappa shape index (κ2) is 12.6. The van der Waals surface area contributed by atoms with E-state index in [0.29, 0.717) is 31.1 Å². The van der Waals surface area contributed by atoms with E-state index in [1.807, 2.05) is 42.5 Å². The molecule has 5 atom stereocenters. The molecule has 2 aromatic rings. The Labute approximate surface area is 201 Å². The highest BCUT2D eigenvalue weighted by Gasteiger charge is 2.44. The number of rotatable bonds is 11. The molecule has 1 heterocycles. The predicted octanol–water partition coefficient (Wildman–Crippen LogP) is 2.72. The van der Waals surface area contributed by atoms with Crippen LogP contribution in [-0.4, -0.2) is 71.3 Å². The Balaban J connectivity index is 1.75. The molecule has 34 heavy (non-hydrogen) atoms. The molecule has 2 aromatic carbocycles. The summed E-state index contributed by atoms with van der Waals surface area (Å²) < 4.78 is 16.9. The molecule has 0 aliphatic carbocycles. The van der Waals surface area contributed by atoms with Gasteiger partial charge in [0.2, 0.25) is 0 Å². The van der Waals surface area contributed by atoms with Crippen LogP contribution in [0.5, 0.6) is 5.75 Å². The fourth-order valence-electron chi connectivity index (χ4n) is 4.28. The standard InChI is InChI=1S/C27H38O7/c1-4-11-32-12-13-33-21-8-5-18(6-9-21)14-20-15-19(7-10-22(20)17(2)3)27-26(31)25(30)24(29)23(16-28)34-27/h5-10,15,17,23-31H,4,11-14,16H2,1-3H3/t23-,24-,25+,26-,27+/m1/s1. The van der Waals surface area contributed by atoms with E-state index in [2.05, 4.69) is 20.8 Å². The number of hydrogen-bond acceptors (Lipinski definition) is 7. The van der Waals surface area contributed by atoms with E-state index in [1.165, 1.54) is 5.56 Å². The largest absolute Gasteiger partial charge is 0.491 e. The minimum atomic E-state index is -1.40. The summed E-state index contributed by atoms with van der Waals surface area (Å²) in [7, 11) is 0. The third-order valence-electron chi connectivity index (χ3n) is 6.17. The molecule has 1 fully saturated rings. The lowest BCUT2D eigenvalue weighted by atomic mass is 9.87. The van der Waals surface area contributed by atoms with Gasteiger partial charge in [0, 0.05) is 6.61 Å². The van der Waals surface area contributed by atoms with Crippen LogP contribution < -0.4 is 4.74 Å². The average molecular weight is 475 g/mol. The van der Waals surface area contributed by atoms with E-state index in [9.17, 15) is 20.4 Å². The van der Waals surface area contributed by atoms with Gasteiger partial charge in [-0.2, -0.15) is 0 Å². The SMILES string of the molecule is CCCOCCOc1ccc(Cc2cc([C@@H]3O[C@H](CO)[C@@H](O)[C@H](O)[C@H]3O)ccc2C(C)C)cc1. The van der Waals surface area contributed by atoms with Gasteiger partial charge in [-0.3, -0.25) is 0 Å². The summed E-state index contributed by atoms with van der Waals surface area (Å²) in [5.41, 5.74) is 4.08. The van der Waals surface area contributed by atoms with Crippen LogP contribution in [0.4, 0.5) is 0 Å². The maximum atomic E-state index is 10.5. The summed E-state index contributed by atoms with van der Waals surface area (Å²) in [6.07, 6.45) is -4.18. The molecule has 0 unspecified atom stereocenters. The van der Waals surface area contributed by atoms with Crippen LogP contribution in [0, 0.1) is 0 Å². The van der Waals surface area contributed by atoms with Gasteiger partial charge in [0.15, 0.2) is 0 Å². The van der Waals surface area contributed by atoms with Crippen LogP contribution in [0.3, 0.4) is 0 Å². The molecule has 188 valence electrons. The maximum absolute atomic E-state index is 10.5. The fraction of sp³-hybridized carbons (Fsp3) is 0.556. The van der Waals surface area contributed by atoms with Crippen LogP contribution in [0.2, 0.25) is 0 Å². The molecule has 0 aromatic heterocycles. The summed E-state index contributed by atoms with van der Waals surface area (Å²) in [5, 5.41) is 40.3. The maximum Gasteiger partial charge on any atom is 0.119 e. The summed E-state index contributed by atoms with van der Waals surface area (Å²) >= 11 is 0. The van der Waals surface area contributed by atoms with Crippen molar-refractivity contribution in [1.29, 1.82) is 0 Å². The Morgan fingerprint density at radius 3 is 2.29 bits per heavy atom. The molecular formula is C27H38O7. The van der Waals surface area contributed by atoms with Crippen molar-refractivity contribution in [3.63, 3.8) is 0 Å². The highest BCUT2D eigenvalue weighted by atomic mass is 16.5. The van der Waals surface area contributed by atoms with E-state index in [4.69, 9.17) is 14.2 Å². The first-order valence-corrected chi connectivity index (χ1v) is 12.1. The zero-order valence-electron chi connectivity index (χ0n) is 20.3. The average Bonchev–Trinajstić information content (AvgIpc) is 2.83.